The summed E-state index contributed by atoms with van der Waals surface area (Å²) in [6, 6.07) is 23.8. The molecule has 0 aliphatic heterocycles. The lowest BCUT2D eigenvalue weighted by atomic mass is 10.2. The van der Waals surface area contributed by atoms with Crippen LogP contribution in [0.5, 0.6) is 11.5 Å². The van der Waals surface area contributed by atoms with Crippen LogP contribution in [0.4, 0.5) is 10.5 Å². The minimum Gasteiger partial charge on any atom is -0.537 e. The highest BCUT2D eigenvalue weighted by Crippen LogP contribution is 2.30. The summed E-state index contributed by atoms with van der Waals surface area (Å²) in [7, 11) is 0.567. The molecule has 0 saturated carbocycles. The molecule has 0 aliphatic carbocycles. The monoisotopic (exact) mass is 376 g/mol. The highest BCUT2D eigenvalue weighted by atomic mass is 16.5. The van der Waals surface area contributed by atoms with E-state index >= 15 is 0 Å². The van der Waals surface area contributed by atoms with Crippen molar-refractivity contribution in [1.82, 2.24) is 0 Å². The first-order valence-electron chi connectivity index (χ1n) is 8.65. The molecule has 3 aromatic rings. The maximum atomic E-state index is 12.2. The average molecular weight is 376 g/mol. The number of amides is 1. The molecule has 0 fully saturated rings. The molecule has 0 heterocycles. The van der Waals surface area contributed by atoms with Gasteiger partial charge in [-0.3, -0.25) is 5.32 Å². The van der Waals surface area contributed by atoms with Crippen LogP contribution >= 0.6 is 0 Å². The summed E-state index contributed by atoms with van der Waals surface area (Å²) >= 11 is 0. The Kier molecular flexibility index (Phi) is 6.92. The van der Waals surface area contributed by atoms with E-state index in [0.29, 0.717) is 31.5 Å². The van der Waals surface area contributed by atoms with Gasteiger partial charge < -0.3 is 19.2 Å². The Hall–Kier alpha value is -3.45. The maximum absolute atomic E-state index is 12.2. The number of carbonyl (C=O) groups excluding carboxylic acids is 1. The quantitative estimate of drug-likeness (QED) is 0.583. The van der Waals surface area contributed by atoms with Gasteiger partial charge in [-0.05, 0) is 23.3 Å². The van der Waals surface area contributed by atoms with Crippen LogP contribution < -0.4 is 14.7 Å². The molecule has 0 saturated heterocycles. The second-order valence-corrected chi connectivity index (χ2v) is 5.84. The predicted octanol–water partition coefficient (Wildman–Crippen LogP) is 3.92. The van der Waals surface area contributed by atoms with Gasteiger partial charge in [-0.2, -0.15) is 0 Å². The molecule has 141 valence electrons. The Bertz CT molecular complexity index is 890. The molecule has 2 N–H and O–H groups in total. The molecule has 3 aromatic carbocycles. The Morgan fingerprint density at radius 2 is 1.54 bits per heavy atom. The normalized spacial score (nSPS) is 10.0. The fourth-order valence-electron chi connectivity index (χ4n) is 2.47. The van der Waals surface area contributed by atoms with E-state index in [1.807, 2.05) is 60.7 Å². The maximum Gasteiger partial charge on any atom is 0.569 e. The molecule has 0 unspecified atom stereocenters. The van der Waals surface area contributed by atoms with Crippen molar-refractivity contribution in [3.63, 3.8) is 0 Å². The lowest BCUT2D eigenvalue weighted by molar-refractivity contribution is 0.155. The van der Waals surface area contributed by atoms with E-state index in [-0.39, 0.29) is 6.61 Å². The predicted molar refractivity (Wildman–Crippen MR) is 106 cm³/mol. The second kappa shape index (κ2) is 10.0. The van der Waals surface area contributed by atoms with Crippen molar-refractivity contribution in [2.75, 3.05) is 5.32 Å². The molecule has 0 spiro atoms. The van der Waals surface area contributed by atoms with Crippen molar-refractivity contribution < 1.29 is 23.9 Å². The number of hydrogen-bond donors (Lipinski definition) is 2. The van der Waals surface area contributed by atoms with E-state index in [1.54, 1.807) is 12.1 Å². The van der Waals surface area contributed by atoms with Gasteiger partial charge in [-0.15, -0.1) is 0 Å². The van der Waals surface area contributed by atoms with E-state index in [1.165, 1.54) is 6.07 Å². The zero-order valence-corrected chi connectivity index (χ0v) is 15.1. The minimum atomic E-state index is -0.626. The summed E-state index contributed by atoms with van der Waals surface area (Å²) < 4.78 is 16.0. The van der Waals surface area contributed by atoms with Crippen LogP contribution in [-0.4, -0.2) is 18.8 Å². The van der Waals surface area contributed by atoms with Gasteiger partial charge in [-0.25, -0.2) is 4.79 Å². The lowest BCUT2D eigenvalue weighted by Crippen LogP contribution is -2.14. The van der Waals surface area contributed by atoms with Gasteiger partial charge in [0.1, 0.15) is 24.7 Å². The van der Waals surface area contributed by atoms with Crippen molar-refractivity contribution >= 4 is 19.5 Å². The molecule has 3 rings (SSSR count). The molecule has 0 aromatic heterocycles. The fourth-order valence-corrected chi connectivity index (χ4v) is 2.47. The minimum absolute atomic E-state index is 0.146. The fraction of sp³-hybridized carbons (Fsp3) is 0.0952. The van der Waals surface area contributed by atoms with E-state index < -0.39 is 6.09 Å². The Balaban J connectivity index is 1.67. The van der Waals surface area contributed by atoms with Gasteiger partial charge >= 0.3 is 13.8 Å². The average Bonchev–Trinajstić information content (AvgIpc) is 2.73. The summed E-state index contributed by atoms with van der Waals surface area (Å²) in [4.78, 5) is 12.2. The van der Waals surface area contributed by atoms with Crippen molar-refractivity contribution in [1.29, 1.82) is 0 Å². The van der Waals surface area contributed by atoms with E-state index in [2.05, 4.69) is 5.32 Å². The number of ether oxygens (including phenoxy) is 2. The molecule has 28 heavy (non-hydrogen) atoms. The number of carbonyl (C=O) groups is 1. The van der Waals surface area contributed by atoms with Crippen LogP contribution in [0.25, 0.3) is 0 Å². The molecule has 0 atom stereocenters. The van der Waals surface area contributed by atoms with Gasteiger partial charge in [0.05, 0.1) is 5.69 Å². The Labute approximate surface area is 164 Å². The van der Waals surface area contributed by atoms with Crippen LogP contribution in [0.1, 0.15) is 11.1 Å². The molecule has 1 amide bonds. The van der Waals surface area contributed by atoms with Crippen molar-refractivity contribution in [3.8, 4) is 11.5 Å². The van der Waals surface area contributed by atoms with Gasteiger partial charge in [-0.1, -0.05) is 60.7 Å². The number of hydrogen-bond acceptors (Lipinski definition) is 5. The van der Waals surface area contributed by atoms with Crippen LogP contribution in [0, 0.1) is 0 Å². The highest BCUT2D eigenvalue weighted by Gasteiger charge is 2.12. The molecule has 1 radical (unpaired) electrons. The molecule has 6 nitrogen and oxygen atoms in total. The van der Waals surface area contributed by atoms with Gasteiger partial charge in [0.15, 0.2) is 0 Å². The van der Waals surface area contributed by atoms with Crippen molar-refractivity contribution in [3.05, 3.63) is 90.0 Å². The first-order chi connectivity index (χ1) is 13.7. The van der Waals surface area contributed by atoms with Crippen molar-refractivity contribution in [2.24, 2.45) is 0 Å². The Morgan fingerprint density at radius 3 is 2.18 bits per heavy atom. The van der Waals surface area contributed by atoms with E-state index in [4.69, 9.17) is 19.2 Å². The summed E-state index contributed by atoms with van der Waals surface area (Å²) in [5, 5.41) is 11.5. The topological polar surface area (TPSA) is 77.0 Å². The summed E-state index contributed by atoms with van der Waals surface area (Å²) in [6.07, 6.45) is -0.626. The summed E-state index contributed by atoms with van der Waals surface area (Å²) in [5.41, 5.74) is 2.24. The first-order valence-corrected chi connectivity index (χ1v) is 8.65. The number of rotatable bonds is 8. The molecule has 0 bridgehead atoms. The number of anilines is 1. The van der Waals surface area contributed by atoms with E-state index in [0.717, 1.165) is 11.1 Å². The zero-order valence-electron chi connectivity index (χ0n) is 15.1. The largest absolute Gasteiger partial charge is 0.569 e. The molecule has 0 aliphatic rings. The number of nitrogens with one attached hydrogen (secondary N) is 1. The number of benzene rings is 3. The lowest BCUT2D eigenvalue weighted by Gasteiger charge is -2.14. The third-order valence-corrected chi connectivity index (χ3v) is 3.83. The van der Waals surface area contributed by atoms with Gasteiger partial charge in [0.25, 0.3) is 0 Å². The van der Waals surface area contributed by atoms with Crippen LogP contribution in [0.2, 0.25) is 0 Å². The summed E-state index contributed by atoms with van der Waals surface area (Å²) in [6.45, 7) is 0.481. The third-order valence-electron chi connectivity index (χ3n) is 3.83. The summed E-state index contributed by atoms with van der Waals surface area (Å²) in [5.74, 6) is 0.790. The smallest absolute Gasteiger partial charge is 0.537 e. The van der Waals surface area contributed by atoms with Crippen molar-refractivity contribution in [2.45, 2.75) is 13.2 Å². The molecular weight excluding hydrogens is 357 g/mol. The third kappa shape index (κ3) is 5.79. The van der Waals surface area contributed by atoms with Gasteiger partial charge in [0.2, 0.25) is 0 Å². The van der Waals surface area contributed by atoms with E-state index in [9.17, 15) is 4.79 Å². The molecule has 7 heteroatoms. The standard InChI is InChI=1S/C21H19BNO5/c24-21(27-15-17-9-5-2-6-10-17)23-19-13-18(28-22-25)11-12-20(19)26-14-16-7-3-1-4-8-16/h1-13,25H,14-15H2,(H,23,24). The first kappa shape index (κ1) is 19.3. The molecular formula is C21H19BNO5. The Morgan fingerprint density at radius 1 is 0.893 bits per heavy atom. The SMILES string of the molecule is O=C(Nc1cc(O[B]O)ccc1OCc1ccccc1)OCc1ccccc1. The van der Waals surface area contributed by atoms with Crippen LogP contribution in [0.15, 0.2) is 78.9 Å². The highest BCUT2D eigenvalue weighted by molar-refractivity contribution is 6.17. The van der Waals surface area contributed by atoms with Crippen LogP contribution in [0.3, 0.4) is 0 Å². The van der Waals surface area contributed by atoms with Crippen LogP contribution in [-0.2, 0) is 18.0 Å². The van der Waals surface area contributed by atoms with Gasteiger partial charge in [0, 0.05) is 6.07 Å². The zero-order chi connectivity index (χ0) is 19.6. The second-order valence-electron chi connectivity index (χ2n) is 5.84.